The van der Waals surface area contributed by atoms with Gasteiger partial charge in [-0.1, -0.05) is 23.7 Å². The highest BCUT2D eigenvalue weighted by atomic mass is 35.5. The number of nitrogens with zero attached hydrogens (tertiary/aromatic N) is 1. The number of anilines is 1. The van der Waals surface area contributed by atoms with Gasteiger partial charge in [-0.25, -0.2) is 9.40 Å². The highest BCUT2D eigenvalue weighted by molar-refractivity contribution is 6.33. The van der Waals surface area contributed by atoms with Gasteiger partial charge in [-0.15, -0.1) is 0 Å². The van der Waals surface area contributed by atoms with Gasteiger partial charge in [0.2, 0.25) is 0 Å². The molecule has 0 unspecified atom stereocenters. The van der Waals surface area contributed by atoms with E-state index in [1.807, 2.05) is 0 Å². The zero-order valence-electron chi connectivity index (χ0n) is 12.5. The van der Waals surface area contributed by atoms with Crippen LogP contribution in [0.25, 0.3) is 6.08 Å². The van der Waals surface area contributed by atoms with E-state index in [4.69, 9.17) is 16.3 Å². The number of rotatable bonds is 3. The van der Waals surface area contributed by atoms with Crippen LogP contribution in [-0.2, 0) is 9.59 Å². The lowest BCUT2D eigenvalue weighted by atomic mass is 10.1. The van der Waals surface area contributed by atoms with E-state index in [0.717, 1.165) is 11.1 Å². The summed E-state index contributed by atoms with van der Waals surface area (Å²) >= 11 is 5.72. The summed E-state index contributed by atoms with van der Waals surface area (Å²) in [5.41, 5.74) is 3.35. The van der Waals surface area contributed by atoms with Gasteiger partial charge in [0.25, 0.3) is 11.8 Å². The Morgan fingerprint density at radius 2 is 1.88 bits per heavy atom. The Balaban J connectivity index is 1.90. The number of methoxy groups -OCH3 is 1. The number of amides is 2. The lowest BCUT2D eigenvalue weighted by Crippen LogP contribution is -2.35. The fraction of sp³-hybridized carbons (Fsp3) is 0.0588. The minimum absolute atomic E-state index is 0.0272. The third kappa shape index (κ3) is 2.96. The Labute approximate surface area is 142 Å². The van der Waals surface area contributed by atoms with Crippen molar-refractivity contribution in [1.82, 2.24) is 5.43 Å². The van der Waals surface area contributed by atoms with Gasteiger partial charge < -0.3 is 4.74 Å². The molecule has 0 aliphatic carbocycles. The first-order valence-corrected chi connectivity index (χ1v) is 7.33. The summed E-state index contributed by atoms with van der Waals surface area (Å²) in [6.07, 6.45) is 1.47. The van der Waals surface area contributed by atoms with Crippen LogP contribution < -0.4 is 15.2 Å². The first-order chi connectivity index (χ1) is 11.5. The van der Waals surface area contributed by atoms with Gasteiger partial charge in [0.15, 0.2) is 0 Å². The molecule has 2 aromatic carbocycles. The van der Waals surface area contributed by atoms with Crippen molar-refractivity contribution in [3.63, 3.8) is 0 Å². The predicted molar refractivity (Wildman–Crippen MR) is 88.0 cm³/mol. The van der Waals surface area contributed by atoms with E-state index in [1.165, 1.54) is 18.2 Å². The summed E-state index contributed by atoms with van der Waals surface area (Å²) in [5.74, 6) is -1.02. The molecule has 5 nitrogen and oxygen atoms in total. The van der Waals surface area contributed by atoms with Crippen molar-refractivity contribution in [2.24, 2.45) is 0 Å². The van der Waals surface area contributed by atoms with E-state index < -0.39 is 17.6 Å². The van der Waals surface area contributed by atoms with Gasteiger partial charge in [0.05, 0.1) is 17.8 Å². The summed E-state index contributed by atoms with van der Waals surface area (Å²) < 4.78 is 18.3. The third-order valence-electron chi connectivity index (χ3n) is 3.48. The average molecular weight is 347 g/mol. The van der Waals surface area contributed by atoms with E-state index in [-0.39, 0.29) is 16.3 Å². The minimum Gasteiger partial charge on any atom is -0.497 e. The lowest BCUT2D eigenvalue weighted by molar-refractivity contribution is -0.117. The van der Waals surface area contributed by atoms with Gasteiger partial charge >= 0.3 is 0 Å². The highest BCUT2D eigenvalue weighted by Gasteiger charge is 2.34. The van der Waals surface area contributed by atoms with Crippen LogP contribution in [0.15, 0.2) is 48.0 Å². The number of hydrogen-bond acceptors (Lipinski definition) is 3. The second-order valence-electron chi connectivity index (χ2n) is 5.01. The summed E-state index contributed by atoms with van der Waals surface area (Å²) in [4.78, 5) is 24.5. The fourth-order valence-electron chi connectivity index (χ4n) is 2.23. The van der Waals surface area contributed by atoms with Crippen molar-refractivity contribution < 1.29 is 18.7 Å². The van der Waals surface area contributed by atoms with Gasteiger partial charge in [0.1, 0.15) is 17.1 Å². The second kappa shape index (κ2) is 6.33. The Morgan fingerprint density at radius 3 is 2.50 bits per heavy atom. The number of benzene rings is 2. The van der Waals surface area contributed by atoms with Crippen LogP contribution in [0.3, 0.4) is 0 Å². The maximum atomic E-state index is 13.2. The Morgan fingerprint density at radius 1 is 1.17 bits per heavy atom. The number of nitrogens with one attached hydrogen (secondary N) is 1. The topological polar surface area (TPSA) is 58.6 Å². The summed E-state index contributed by atoms with van der Waals surface area (Å²) in [6.45, 7) is 0. The Bertz CT molecular complexity index is 849. The van der Waals surface area contributed by atoms with E-state index >= 15 is 0 Å². The minimum atomic E-state index is -0.604. The van der Waals surface area contributed by atoms with Crippen molar-refractivity contribution in [2.45, 2.75) is 0 Å². The highest BCUT2D eigenvalue weighted by Crippen LogP contribution is 2.26. The standard InChI is InChI=1S/C17H12ClFN2O3/c1-24-12-5-2-10(3-6-12)8-13-16(22)20-21(17(13)23)11-4-7-15(19)14(18)9-11/h2-9H,1H3,(H,20,22)/b13-8+. The number of carbonyl (C=O) groups is 2. The maximum Gasteiger partial charge on any atom is 0.282 e. The Hall–Kier alpha value is -2.86. The third-order valence-corrected chi connectivity index (χ3v) is 3.77. The Kier molecular flexibility index (Phi) is 4.22. The molecule has 0 aromatic heterocycles. The SMILES string of the molecule is COc1ccc(/C=C2\C(=O)NN(c3ccc(F)c(Cl)c3)C2=O)cc1. The molecule has 1 saturated heterocycles. The quantitative estimate of drug-likeness (QED) is 0.686. The largest absolute Gasteiger partial charge is 0.497 e. The molecule has 122 valence electrons. The van der Waals surface area contributed by atoms with E-state index in [2.05, 4.69) is 5.43 Å². The second-order valence-corrected chi connectivity index (χ2v) is 5.42. The van der Waals surface area contributed by atoms with E-state index in [9.17, 15) is 14.0 Å². The molecule has 0 bridgehead atoms. The molecule has 2 amide bonds. The molecule has 1 fully saturated rings. The molecule has 0 saturated carbocycles. The maximum absolute atomic E-state index is 13.2. The molecule has 2 aromatic rings. The molecule has 1 aliphatic heterocycles. The van der Waals surface area contributed by atoms with Crippen LogP contribution >= 0.6 is 11.6 Å². The van der Waals surface area contributed by atoms with E-state index in [0.29, 0.717) is 11.3 Å². The lowest BCUT2D eigenvalue weighted by Gasteiger charge is -2.14. The van der Waals surface area contributed by atoms with Crippen molar-refractivity contribution in [1.29, 1.82) is 0 Å². The monoisotopic (exact) mass is 346 g/mol. The molecule has 0 spiro atoms. The molecule has 1 heterocycles. The predicted octanol–water partition coefficient (Wildman–Crippen LogP) is 2.95. The smallest absolute Gasteiger partial charge is 0.282 e. The van der Waals surface area contributed by atoms with Gasteiger partial charge in [-0.05, 0) is 42.0 Å². The zero-order chi connectivity index (χ0) is 17.3. The van der Waals surface area contributed by atoms with Crippen LogP contribution in [0.4, 0.5) is 10.1 Å². The molecule has 1 N–H and O–H groups in total. The number of hydrazine groups is 1. The first-order valence-electron chi connectivity index (χ1n) is 6.96. The van der Waals surface area contributed by atoms with Crippen LogP contribution in [0.5, 0.6) is 5.75 Å². The van der Waals surface area contributed by atoms with Crippen molar-refractivity contribution in [3.05, 3.63) is 64.4 Å². The average Bonchev–Trinajstić information content (AvgIpc) is 2.86. The number of halogens is 2. The summed E-state index contributed by atoms with van der Waals surface area (Å²) in [6, 6.07) is 10.7. The molecular formula is C17H12ClFN2O3. The molecule has 0 radical (unpaired) electrons. The van der Waals surface area contributed by atoms with Crippen LogP contribution in [0, 0.1) is 5.82 Å². The molecule has 7 heteroatoms. The van der Waals surface area contributed by atoms with Crippen molar-refractivity contribution in [3.8, 4) is 5.75 Å². The number of carbonyl (C=O) groups excluding carboxylic acids is 2. The summed E-state index contributed by atoms with van der Waals surface area (Å²) in [7, 11) is 1.55. The molecule has 24 heavy (non-hydrogen) atoms. The molecule has 0 atom stereocenters. The van der Waals surface area contributed by atoms with Crippen LogP contribution in [0.1, 0.15) is 5.56 Å². The normalized spacial score (nSPS) is 15.8. The van der Waals surface area contributed by atoms with Gasteiger partial charge in [-0.3, -0.25) is 15.0 Å². The molecule has 3 rings (SSSR count). The van der Waals surface area contributed by atoms with E-state index in [1.54, 1.807) is 31.4 Å². The molecular weight excluding hydrogens is 335 g/mol. The number of ether oxygens (including phenoxy) is 1. The first kappa shape index (κ1) is 16.0. The van der Waals surface area contributed by atoms with Crippen molar-refractivity contribution >= 4 is 35.2 Å². The number of hydrogen-bond donors (Lipinski definition) is 1. The van der Waals surface area contributed by atoms with Crippen LogP contribution in [0.2, 0.25) is 5.02 Å². The van der Waals surface area contributed by atoms with Crippen LogP contribution in [-0.4, -0.2) is 18.9 Å². The van der Waals surface area contributed by atoms with Crippen molar-refractivity contribution in [2.75, 3.05) is 12.1 Å². The molecule has 1 aliphatic rings. The van der Waals surface area contributed by atoms with Gasteiger partial charge in [-0.2, -0.15) is 0 Å². The summed E-state index contributed by atoms with van der Waals surface area (Å²) in [5, 5.41) is 0.894. The van der Waals surface area contributed by atoms with Gasteiger partial charge in [0, 0.05) is 0 Å². The fourth-order valence-corrected chi connectivity index (χ4v) is 2.40. The zero-order valence-corrected chi connectivity index (χ0v) is 13.3.